The zero-order chi connectivity index (χ0) is 17.6. The average Bonchev–Trinajstić information content (AvgIpc) is 2.48. The zero-order valence-electron chi connectivity index (χ0n) is 15.3. The highest BCUT2D eigenvalue weighted by atomic mass is 16.1. The molecule has 0 saturated heterocycles. The number of pyridine rings is 1. The van der Waals surface area contributed by atoms with E-state index in [2.05, 4.69) is 20.4 Å². The minimum absolute atomic E-state index is 0.118. The summed E-state index contributed by atoms with van der Waals surface area (Å²) in [5.41, 5.74) is 4.70. The fourth-order valence-electron chi connectivity index (χ4n) is 3.92. The van der Waals surface area contributed by atoms with Crippen LogP contribution in [0, 0.1) is 5.41 Å². The van der Waals surface area contributed by atoms with Crippen LogP contribution in [0.3, 0.4) is 0 Å². The van der Waals surface area contributed by atoms with Gasteiger partial charge in [0.1, 0.15) is 0 Å². The number of Topliss-reactive ketones (excluding diaryl/α,β-unsaturated/α-hetero) is 2. The Balaban J connectivity index is 2.35. The molecule has 1 heterocycles. The third-order valence-electron chi connectivity index (χ3n) is 5.74. The number of fused-ring (bicyclic) bond motifs is 1. The number of carbonyl (C=O) groups is 2. The summed E-state index contributed by atoms with van der Waals surface area (Å²) in [6.45, 7) is 12.3. The number of hydrogen-bond donors (Lipinski definition) is 0. The summed E-state index contributed by atoms with van der Waals surface area (Å²) in [7, 11) is 0. The lowest BCUT2D eigenvalue weighted by molar-refractivity contribution is 0.0942. The summed E-state index contributed by atoms with van der Waals surface area (Å²) in [6.07, 6.45) is 4.90. The molecule has 2 aliphatic rings. The standard InChI is InChI=1S/C21H27NO2/c1-6-14-18(15(23)7-2)17(13-9-8-10-13)19-16(24)11-21(4,5)12(3)20(19)22-14/h13H,3,6-11H2,1-2,4-5H3. The van der Waals surface area contributed by atoms with Crippen LogP contribution in [0.5, 0.6) is 0 Å². The van der Waals surface area contributed by atoms with Crippen LogP contribution in [0.1, 0.15) is 103 Å². The molecule has 3 rings (SSSR count). The van der Waals surface area contributed by atoms with E-state index in [-0.39, 0.29) is 17.0 Å². The van der Waals surface area contributed by atoms with E-state index >= 15 is 0 Å². The molecule has 1 aromatic heterocycles. The lowest BCUT2D eigenvalue weighted by Crippen LogP contribution is -2.31. The molecule has 1 fully saturated rings. The van der Waals surface area contributed by atoms with Gasteiger partial charge in [0.15, 0.2) is 11.6 Å². The second kappa shape index (κ2) is 5.94. The van der Waals surface area contributed by atoms with Gasteiger partial charge in [0.2, 0.25) is 0 Å². The molecule has 128 valence electrons. The minimum Gasteiger partial charge on any atom is -0.294 e. The third kappa shape index (κ3) is 2.45. The second-order valence-corrected chi connectivity index (χ2v) is 7.79. The van der Waals surface area contributed by atoms with Crippen LogP contribution in [0.15, 0.2) is 6.58 Å². The molecule has 0 aliphatic heterocycles. The molecule has 1 aromatic rings. The summed E-state index contributed by atoms with van der Waals surface area (Å²) in [5.74, 6) is 0.576. The normalized spacial score (nSPS) is 19.8. The Morgan fingerprint density at radius 3 is 2.46 bits per heavy atom. The molecule has 0 amide bonds. The predicted octanol–water partition coefficient (Wildman–Crippen LogP) is 5.13. The molecule has 1 saturated carbocycles. The van der Waals surface area contributed by atoms with Crippen LogP contribution in [0.25, 0.3) is 5.57 Å². The highest BCUT2D eigenvalue weighted by Crippen LogP contribution is 2.48. The van der Waals surface area contributed by atoms with Crippen LogP contribution < -0.4 is 0 Å². The number of nitrogens with zero attached hydrogens (tertiary/aromatic N) is 1. The molecule has 0 unspecified atom stereocenters. The van der Waals surface area contributed by atoms with E-state index in [4.69, 9.17) is 4.98 Å². The molecule has 0 spiro atoms. The Hall–Kier alpha value is -1.77. The van der Waals surface area contributed by atoms with Crippen LogP contribution in [-0.2, 0) is 6.42 Å². The maximum absolute atomic E-state index is 13.0. The van der Waals surface area contributed by atoms with Crippen LogP contribution >= 0.6 is 0 Å². The fourth-order valence-corrected chi connectivity index (χ4v) is 3.92. The molecule has 24 heavy (non-hydrogen) atoms. The highest BCUT2D eigenvalue weighted by Gasteiger charge is 2.41. The van der Waals surface area contributed by atoms with Crippen molar-refractivity contribution < 1.29 is 9.59 Å². The molecule has 0 radical (unpaired) electrons. The van der Waals surface area contributed by atoms with Gasteiger partial charge < -0.3 is 0 Å². The summed E-state index contributed by atoms with van der Waals surface area (Å²) in [6, 6.07) is 0. The van der Waals surface area contributed by atoms with Crippen molar-refractivity contribution in [1.29, 1.82) is 0 Å². The van der Waals surface area contributed by atoms with E-state index in [9.17, 15) is 9.59 Å². The van der Waals surface area contributed by atoms with Crippen LogP contribution in [0.4, 0.5) is 0 Å². The van der Waals surface area contributed by atoms with Gasteiger partial charge in [-0.25, -0.2) is 0 Å². The molecule has 2 aliphatic carbocycles. The van der Waals surface area contributed by atoms with Crippen LogP contribution in [-0.4, -0.2) is 16.6 Å². The van der Waals surface area contributed by atoms with Crippen molar-refractivity contribution in [3.8, 4) is 0 Å². The van der Waals surface area contributed by atoms with Crippen molar-refractivity contribution in [2.45, 2.75) is 72.1 Å². The van der Waals surface area contributed by atoms with Gasteiger partial charge in [0.05, 0.1) is 11.4 Å². The van der Waals surface area contributed by atoms with E-state index in [0.717, 1.165) is 40.9 Å². The van der Waals surface area contributed by atoms with Crippen molar-refractivity contribution in [3.05, 3.63) is 34.7 Å². The van der Waals surface area contributed by atoms with Gasteiger partial charge in [-0.3, -0.25) is 14.6 Å². The first-order valence-electron chi connectivity index (χ1n) is 9.14. The molecule has 3 nitrogen and oxygen atoms in total. The number of carbonyl (C=O) groups excluding carboxylic acids is 2. The largest absolute Gasteiger partial charge is 0.294 e. The number of rotatable bonds is 4. The quantitative estimate of drug-likeness (QED) is 0.721. The van der Waals surface area contributed by atoms with Crippen molar-refractivity contribution in [2.75, 3.05) is 0 Å². The first-order valence-corrected chi connectivity index (χ1v) is 9.14. The maximum atomic E-state index is 13.0. The van der Waals surface area contributed by atoms with Crippen molar-refractivity contribution in [2.24, 2.45) is 5.41 Å². The van der Waals surface area contributed by atoms with E-state index in [1.165, 1.54) is 6.42 Å². The summed E-state index contributed by atoms with van der Waals surface area (Å²) in [5, 5.41) is 0. The van der Waals surface area contributed by atoms with Crippen molar-refractivity contribution in [3.63, 3.8) is 0 Å². The SMILES string of the molecule is C=C1c2nc(CC)c(C(=O)CC)c(C3CCC3)c2C(=O)CC1(C)C. The van der Waals surface area contributed by atoms with Gasteiger partial charge in [0.25, 0.3) is 0 Å². The first-order chi connectivity index (χ1) is 11.3. The Morgan fingerprint density at radius 2 is 1.96 bits per heavy atom. The van der Waals surface area contributed by atoms with Gasteiger partial charge in [-0.1, -0.05) is 40.7 Å². The van der Waals surface area contributed by atoms with Gasteiger partial charge >= 0.3 is 0 Å². The molecular weight excluding hydrogens is 298 g/mol. The first kappa shape index (κ1) is 17.1. The summed E-state index contributed by atoms with van der Waals surface area (Å²) >= 11 is 0. The lowest BCUT2D eigenvalue weighted by atomic mass is 9.67. The van der Waals surface area contributed by atoms with Crippen LogP contribution in [0.2, 0.25) is 0 Å². The topological polar surface area (TPSA) is 47.0 Å². The third-order valence-corrected chi connectivity index (χ3v) is 5.74. The monoisotopic (exact) mass is 325 g/mol. The zero-order valence-corrected chi connectivity index (χ0v) is 15.3. The highest BCUT2D eigenvalue weighted by molar-refractivity contribution is 6.09. The van der Waals surface area contributed by atoms with Gasteiger partial charge in [-0.05, 0) is 41.7 Å². The molecule has 0 N–H and O–H groups in total. The molecule has 0 atom stereocenters. The van der Waals surface area contributed by atoms with E-state index in [1.807, 2.05) is 13.8 Å². The van der Waals surface area contributed by atoms with E-state index in [1.54, 1.807) is 0 Å². The summed E-state index contributed by atoms with van der Waals surface area (Å²) < 4.78 is 0. The number of aryl methyl sites for hydroxylation is 1. The number of allylic oxidation sites excluding steroid dienone is 1. The lowest BCUT2D eigenvalue weighted by Gasteiger charge is -2.37. The minimum atomic E-state index is -0.269. The second-order valence-electron chi connectivity index (χ2n) is 7.79. The number of ketones is 2. The molecule has 3 heteroatoms. The maximum Gasteiger partial charge on any atom is 0.166 e. The summed E-state index contributed by atoms with van der Waals surface area (Å²) in [4.78, 5) is 30.5. The fraction of sp³-hybridized carbons (Fsp3) is 0.571. The predicted molar refractivity (Wildman–Crippen MR) is 96.6 cm³/mol. The van der Waals surface area contributed by atoms with E-state index < -0.39 is 0 Å². The molecule has 0 aromatic carbocycles. The Morgan fingerprint density at radius 1 is 1.29 bits per heavy atom. The van der Waals surface area contributed by atoms with Crippen molar-refractivity contribution >= 4 is 17.1 Å². The average molecular weight is 325 g/mol. The Labute approximate surface area is 144 Å². The number of hydrogen-bond acceptors (Lipinski definition) is 3. The Bertz CT molecular complexity index is 739. The van der Waals surface area contributed by atoms with Gasteiger partial charge in [-0.15, -0.1) is 0 Å². The molecular formula is C21H27NO2. The molecule has 0 bridgehead atoms. The number of aromatic nitrogens is 1. The Kier molecular flexibility index (Phi) is 4.23. The van der Waals surface area contributed by atoms with Gasteiger partial charge in [-0.2, -0.15) is 0 Å². The van der Waals surface area contributed by atoms with E-state index in [0.29, 0.717) is 30.7 Å². The van der Waals surface area contributed by atoms with Gasteiger partial charge in [0, 0.05) is 24.0 Å². The smallest absolute Gasteiger partial charge is 0.166 e. The van der Waals surface area contributed by atoms with Crippen molar-refractivity contribution in [1.82, 2.24) is 4.98 Å².